The van der Waals surface area contributed by atoms with Gasteiger partial charge < -0.3 is 35.4 Å². The summed E-state index contributed by atoms with van der Waals surface area (Å²) in [4.78, 5) is 65.7. The van der Waals surface area contributed by atoms with E-state index in [1.807, 2.05) is 13.8 Å². The van der Waals surface area contributed by atoms with Gasteiger partial charge in [0.25, 0.3) is 0 Å². The molecule has 4 atom stereocenters. The molecule has 0 aromatic carbocycles. The predicted molar refractivity (Wildman–Crippen MR) is 137 cm³/mol. The Kier molecular flexibility index (Phi) is 14.0. The van der Waals surface area contributed by atoms with Crippen LogP contribution < -0.4 is 21.4 Å². The summed E-state index contributed by atoms with van der Waals surface area (Å²) in [5.41, 5.74) is 1.63. The van der Waals surface area contributed by atoms with E-state index in [9.17, 15) is 34.3 Å². The molecule has 14 nitrogen and oxygen atoms in total. The molecule has 0 aromatic rings. The summed E-state index contributed by atoms with van der Waals surface area (Å²) >= 11 is 0. The molecule has 0 aromatic heterocycles. The smallest absolute Gasteiger partial charge is 0.407 e. The Hall–Kier alpha value is -2.97. The lowest BCUT2D eigenvalue weighted by Gasteiger charge is -2.31. The molecule has 6 N–H and O–H groups in total. The molecule has 0 aliphatic carbocycles. The second-order valence-corrected chi connectivity index (χ2v) is 10.3. The zero-order valence-electron chi connectivity index (χ0n) is 22.8. The van der Waals surface area contributed by atoms with Crippen LogP contribution in [0.3, 0.4) is 0 Å². The maximum atomic E-state index is 13.5. The number of nitrogens with one attached hydrogen (secondary N) is 4. The van der Waals surface area contributed by atoms with Gasteiger partial charge in [-0.25, -0.2) is 10.3 Å². The summed E-state index contributed by atoms with van der Waals surface area (Å²) in [5.74, 6) is -4.19. The number of hydrogen-bond acceptors (Lipinski definition) is 9. The average molecular weight is 558 g/mol. The lowest BCUT2D eigenvalue weighted by atomic mass is 9.81. The number of carbonyl (C=O) groups excluding carboxylic acids is 5. The van der Waals surface area contributed by atoms with E-state index < -0.39 is 60.2 Å². The fourth-order valence-corrected chi connectivity index (χ4v) is 4.75. The number of aliphatic hydroxyl groups is 1. The molecule has 2 rings (SSSR count). The van der Waals surface area contributed by atoms with Crippen LogP contribution in [-0.2, 0) is 28.7 Å². The fourth-order valence-electron chi connectivity index (χ4n) is 4.75. The minimum atomic E-state index is -1.19. The number of nitrogens with zero attached hydrogens (tertiary/aromatic N) is 1. The van der Waals surface area contributed by atoms with E-state index in [4.69, 9.17) is 9.47 Å². The van der Waals surface area contributed by atoms with Gasteiger partial charge in [-0.3, -0.25) is 24.4 Å². The minimum Gasteiger partial charge on any atom is -0.450 e. The SMILES string of the molecule is CC(C)C[C@H]1C(=O)N[C@H](C(=O)N[C@@H](CO)C(=O)N2CCOCC2)CCCCNC(=O)OCCC[C@@H]1C(=O)NO. The maximum absolute atomic E-state index is 13.5. The van der Waals surface area contributed by atoms with E-state index in [0.717, 1.165) is 0 Å². The number of rotatable bonds is 7. The molecule has 0 spiro atoms. The Morgan fingerprint density at radius 1 is 1.05 bits per heavy atom. The molecule has 2 heterocycles. The molecule has 2 aliphatic rings. The van der Waals surface area contributed by atoms with Gasteiger partial charge in [0.05, 0.1) is 32.3 Å². The first-order valence-corrected chi connectivity index (χ1v) is 13.6. The summed E-state index contributed by atoms with van der Waals surface area (Å²) < 4.78 is 10.4. The van der Waals surface area contributed by atoms with Crippen LogP contribution in [0.25, 0.3) is 0 Å². The Morgan fingerprint density at radius 3 is 2.41 bits per heavy atom. The highest BCUT2D eigenvalue weighted by Gasteiger charge is 2.36. The average Bonchev–Trinajstić information content (AvgIpc) is 2.93. The van der Waals surface area contributed by atoms with Crippen molar-refractivity contribution in [3.05, 3.63) is 0 Å². The number of alkyl carbamates (subject to hydrolysis) is 1. The second kappa shape index (κ2) is 16.9. The number of hydroxylamine groups is 1. The van der Waals surface area contributed by atoms with Gasteiger partial charge in [0.1, 0.15) is 12.1 Å². The molecule has 2 aliphatic heterocycles. The number of carbonyl (C=O) groups is 5. The van der Waals surface area contributed by atoms with Crippen molar-refractivity contribution in [2.24, 2.45) is 17.8 Å². The second-order valence-electron chi connectivity index (χ2n) is 10.3. The van der Waals surface area contributed by atoms with Crippen LogP contribution in [0.1, 0.15) is 52.4 Å². The van der Waals surface area contributed by atoms with Crippen LogP contribution in [-0.4, -0.2) is 103 Å². The highest BCUT2D eigenvalue weighted by atomic mass is 16.5. The first-order valence-electron chi connectivity index (χ1n) is 13.6. The van der Waals surface area contributed by atoms with Crippen LogP contribution >= 0.6 is 0 Å². The quantitative estimate of drug-likeness (QED) is 0.173. The van der Waals surface area contributed by atoms with E-state index in [1.165, 1.54) is 4.90 Å². The molecular weight excluding hydrogens is 514 g/mol. The van der Waals surface area contributed by atoms with E-state index in [1.54, 1.807) is 5.48 Å². The summed E-state index contributed by atoms with van der Waals surface area (Å²) in [6, 6.07) is -2.26. The molecule has 39 heavy (non-hydrogen) atoms. The van der Waals surface area contributed by atoms with Gasteiger partial charge in [0.15, 0.2) is 0 Å². The van der Waals surface area contributed by atoms with E-state index in [2.05, 4.69) is 16.0 Å². The third kappa shape index (κ3) is 10.6. The van der Waals surface area contributed by atoms with Gasteiger partial charge >= 0.3 is 6.09 Å². The summed E-state index contributed by atoms with van der Waals surface area (Å²) in [6.45, 7) is 4.87. The Balaban J connectivity index is 2.26. The van der Waals surface area contributed by atoms with Gasteiger partial charge in [-0.1, -0.05) is 13.8 Å². The van der Waals surface area contributed by atoms with Crippen molar-refractivity contribution < 1.29 is 43.8 Å². The molecule has 0 saturated carbocycles. The van der Waals surface area contributed by atoms with Gasteiger partial charge in [-0.05, 0) is 44.4 Å². The molecule has 2 fully saturated rings. The molecule has 222 valence electrons. The third-order valence-corrected chi connectivity index (χ3v) is 6.83. The van der Waals surface area contributed by atoms with Crippen molar-refractivity contribution >= 4 is 29.7 Å². The van der Waals surface area contributed by atoms with E-state index in [0.29, 0.717) is 52.1 Å². The topological polar surface area (TPSA) is 196 Å². The van der Waals surface area contributed by atoms with Crippen LogP contribution in [0.2, 0.25) is 0 Å². The minimum absolute atomic E-state index is 0.0102. The van der Waals surface area contributed by atoms with Crippen LogP contribution in [0, 0.1) is 17.8 Å². The summed E-state index contributed by atoms with van der Waals surface area (Å²) in [5, 5.41) is 27.1. The summed E-state index contributed by atoms with van der Waals surface area (Å²) in [7, 11) is 0. The lowest BCUT2D eigenvalue weighted by Crippen LogP contribution is -2.57. The van der Waals surface area contributed by atoms with Crippen molar-refractivity contribution in [3.8, 4) is 0 Å². The van der Waals surface area contributed by atoms with Crippen LogP contribution in [0.15, 0.2) is 0 Å². The Morgan fingerprint density at radius 2 is 1.77 bits per heavy atom. The highest BCUT2D eigenvalue weighted by molar-refractivity contribution is 5.93. The Bertz CT molecular complexity index is 835. The third-order valence-electron chi connectivity index (χ3n) is 6.83. The van der Waals surface area contributed by atoms with E-state index in [-0.39, 0.29) is 31.8 Å². The van der Waals surface area contributed by atoms with Gasteiger partial charge in [-0.2, -0.15) is 0 Å². The molecule has 14 heteroatoms. The molecule has 0 radical (unpaired) electrons. The zero-order valence-corrected chi connectivity index (χ0v) is 22.8. The number of ether oxygens (including phenoxy) is 2. The van der Waals surface area contributed by atoms with Gasteiger partial charge in [0.2, 0.25) is 23.6 Å². The van der Waals surface area contributed by atoms with Gasteiger partial charge in [-0.15, -0.1) is 0 Å². The van der Waals surface area contributed by atoms with Crippen molar-refractivity contribution in [2.45, 2.75) is 64.5 Å². The fraction of sp³-hybridized carbons (Fsp3) is 0.800. The molecule has 5 amide bonds. The lowest BCUT2D eigenvalue weighted by molar-refractivity contribution is -0.143. The molecule has 0 bridgehead atoms. The zero-order chi connectivity index (χ0) is 28.8. The maximum Gasteiger partial charge on any atom is 0.407 e. The normalized spacial score (nSPS) is 24.7. The molecule has 2 saturated heterocycles. The number of morpholine rings is 1. The van der Waals surface area contributed by atoms with Crippen molar-refractivity contribution in [1.29, 1.82) is 0 Å². The number of hydrogen-bond donors (Lipinski definition) is 6. The first-order chi connectivity index (χ1) is 18.7. The standard InChI is InChI=1S/C25H43N5O9/c1-16(2)14-18-17(22(33)29-37)6-5-11-39-25(36)26-8-4-3-7-19(27-21(18)32)23(34)28-20(15-31)24(35)30-9-12-38-13-10-30/h16-20,31,37H,3-15H2,1-2H3,(H,26,36)(H,27,32)(H,28,34)(H,29,33)/t17-,18+,19-,20-/m0/s1. The van der Waals surface area contributed by atoms with Crippen LogP contribution in [0.4, 0.5) is 4.79 Å². The van der Waals surface area contributed by atoms with Crippen molar-refractivity contribution in [3.63, 3.8) is 0 Å². The Labute approximate surface area is 228 Å². The van der Waals surface area contributed by atoms with Crippen molar-refractivity contribution in [1.82, 2.24) is 26.3 Å². The first kappa shape index (κ1) is 32.2. The molecular formula is C25H43N5O9. The molecule has 0 unspecified atom stereocenters. The highest BCUT2D eigenvalue weighted by Crippen LogP contribution is 2.26. The van der Waals surface area contributed by atoms with Gasteiger partial charge in [0, 0.05) is 25.6 Å². The summed E-state index contributed by atoms with van der Waals surface area (Å²) in [6.07, 6.45) is 1.24. The number of amides is 5. The van der Waals surface area contributed by atoms with E-state index >= 15 is 0 Å². The van der Waals surface area contributed by atoms with Crippen molar-refractivity contribution in [2.75, 3.05) is 46.1 Å². The van der Waals surface area contributed by atoms with Crippen LogP contribution in [0.5, 0.6) is 0 Å². The number of aliphatic hydroxyl groups excluding tert-OH is 1. The monoisotopic (exact) mass is 557 g/mol. The largest absolute Gasteiger partial charge is 0.450 e. The predicted octanol–water partition coefficient (Wildman–Crippen LogP) is -0.719. The number of cyclic esters (lactones) is 1.